The molecule has 21 heavy (non-hydrogen) atoms. The number of ether oxygens (including phenoxy) is 1. The fourth-order valence-electron chi connectivity index (χ4n) is 2.55. The van der Waals surface area contributed by atoms with Crippen molar-refractivity contribution in [1.29, 1.82) is 0 Å². The van der Waals surface area contributed by atoms with Crippen LogP contribution in [0.4, 0.5) is 0 Å². The largest absolute Gasteiger partial charge is 0.484 e. The van der Waals surface area contributed by atoms with Gasteiger partial charge in [-0.3, -0.25) is 4.79 Å². The highest BCUT2D eigenvalue weighted by atomic mass is 16.5. The SMILES string of the molecule is CN(C)C1(CNC(=O)COc2ccc(CN)cc2)CCC1. The summed E-state index contributed by atoms with van der Waals surface area (Å²) in [5.41, 5.74) is 6.72. The standard InChI is InChI=1S/C16H25N3O2/c1-19(2)16(8-3-9-16)12-18-15(20)11-21-14-6-4-13(10-17)5-7-14/h4-7H,3,8-12,17H2,1-2H3,(H,18,20). The van der Waals surface area contributed by atoms with E-state index in [4.69, 9.17) is 10.5 Å². The highest BCUT2D eigenvalue weighted by Gasteiger charge is 2.39. The van der Waals surface area contributed by atoms with Crippen molar-refractivity contribution in [3.8, 4) is 5.75 Å². The quantitative estimate of drug-likeness (QED) is 0.790. The number of nitrogens with zero attached hydrogens (tertiary/aromatic N) is 1. The van der Waals surface area contributed by atoms with Crippen molar-refractivity contribution in [3.05, 3.63) is 29.8 Å². The topological polar surface area (TPSA) is 67.6 Å². The number of amides is 1. The van der Waals surface area contributed by atoms with Crippen molar-refractivity contribution < 1.29 is 9.53 Å². The van der Waals surface area contributed by atoms with Gasteiger partial charge in [0, 0.05) is 18.6 Å². The summed E-state index contributed by atoms with van der Waals surface area (Å²) >= 11 is 0. The average Bonchev–Trinajstić information content (AvgIpc) is 2.44. The Hall–Kier alpha value is -1.59. The zero-order valence-corrected chi connectivity index (χ0v) is 12.9. The summed E-state index contributed by atoms with van der Waals surface area (Å²) in [5.74, 6) is 0.611. The Balaban J connectivity index is 1.74. The van der Waals surface area contributed by atoms with Crippen LogP contribution in [0.3, 0.4) is 0 Å². The van der Waals surface area contributed by atoms with Gasteiger partial charge in [-0.1, -0.05) is 12.1 Å². The lowest BCUT2D eigenvalue weighted by molar-refractivity contribution is -0.124. The Morgan fingerprint density at radius 1 is 1.33 bits per heavy atom. The van der Waals surface area contributed by atoms with Gasteiger partial charge in [-0.15, -0.1) is 0 Å². The molecule has 1 aromatic rings. The third-order valence-corrected chi connectivity index (χ3v) is 4.38. The monoisotopic (exact) mass is 291 g/mol. The molecule has 0 aromatic heterocycles. The maximum atomic E-state index is 11.9. The van der Waals surface area contributed by atoms with E-state index >= 15 is 0 Å². The molecule has 1 saturated carbocycles. The number of benzene rings is 1. The van der Waals surface area contributed by atoms with Gasteiger partial charge in [0.1, 0.15) is 5.75 Å². The Morgan fingerprint density at radius 2 is 2.00 bits per heavy atom. The molecule has 1 aliphatic carbocycles. The molecule has 1 fully saturated rings. The van der Waals surface area contributed by atoms with Crippen LogP contribution in [0.2, 0.25) is 0 Å². The molecule has 5 nitrogen and oxygen atoms in total. The van der Waals surface area contributed by atoms with E-state index in [2.05, 4.69) is 24.3 Å². The van der Waals surface area contributed by atoms with E-state index < -0.39 is 0 Å². The molecule has 0 bridgehead atoms. The van der Waals surface area contributed by atoms with Crippen molar-refractivity contribution in [3.63, 3.8) is 0 Å². The number of nitrogens with two attached hydrogens (primary N) is 1. The van der Waals surface area contributed by atoms with Crippen LogP contribution >= 0.6 is 0 Å². The minimum Gasteiger partial charge on any atom is -0.484 e. The lowest BCUT2D eigenvalue weighted by Gasteiger charge is -2.47. The first-order chi connectivity index (χ1) is 10.1. The molecule has 0 heterocycles. The molecule has 0 aliphatic heterocycles. The summed E-state index contributed by atoms with van der Waals surface area (Å²) in [6.07, 6.45) is 3.52. The fraction of sp³-hybridized carbons (Fsp3) is 0.562. The minimum atomic E-state index is -0.0778. The van der Waals surface area contributed by atoms with Gasteiger partial charge in [-0.25, -0.2) is 0 Å². The van der Waals surface area contributed by atoms with E-state index in [0.717, 1.165) is 18.4 Å². The third-order valence-electron chi connectivity index (χ3n) is 4.38. The molecule has 0 atom stereocenters. The van der Waals surface area contributed by atoms with Crippen molar-refractivity contribution in [2.24, 2.45) is 5.73 Å². The molecule has 3 N–H and O–H groups in total. The van der Waals surface area contributed by atoms with Crippen LogP contribution in [-0.4, -0.2) is 43.6 Å². The molecule has 1 aliphatic rings. The van der Waals surface area contributed by atoms with Gasteiger partial charge >= 0.3 is 0 Å². The second kappa shape index (κ2) is 6.91. The van der Waals surface area contributed by atoms with Crippen LogP contribution in [0.25, 0.3) is 0 Å². The Labute approximate surface area is 126 Å². The zero-order chi connectivity index (χ0) is 15.3. The maximum Gasteiger partial charge on any atom is 0.258 e. The summed E-state index contributed by atoms with van der Waals surface area (Å²) in [6, 6.07) is 7.48. The molecular formula is C16H25N3O2. The van der Waals surface area contributed by atoms with Crippen LogP contribution in [0.5, 0.6) is 5.75 Å². The van der Waals surface area contributed by atoms with E-state index in [0.29, 0.717) is 18.8 Å². The smallest absolute Gasteiger partial charge is 0.258 e. The van der Waals surface area contributed by atoms with Gasteiger partial charge < -0.3 is 20.7 Å². The Kier molecular flexibility index (Phi) is 5.20. The summed E-state index contributed by atoms with van der Waals surface area (Å²) in [5, 5.41) is 2.97. The summed E-state index contributed by atoms with van der Waals surface area (Å²) < 4.78 is 5.48. The first-order valence-corrected chi connectivity index (χ1v) is 7.42. The lowest BCUT2D eigenvalue weighted by Crippen LogP contribution is -2.57. The zero-order valence-electron chi connectivity index (χ0n) is 12.9. The summed E-state index contributed by atoms with van der Waals surface area (Å²) in [6.45, 7) is 1.24. The molecule has 5 heteroatoms. The van der Waals surface area contributed by atoms with E-state index in [-0.39, 0.29) is 18.1 Å². The van der Waals surface area contributed by atoms with Crippen LogP contribution in [0.1, 0.15) is 24.8 Å². The van der Waals surface area contributed by atoms with Crippen molar-refractivity contribution in [2.45, 2.75) is 31.3 Å². The second-order valence-corrected chi connectivity index (χ2v) is 5.89. The molecule has 1 amide bonds. The van der Waals surface area contributed by atoms with Gasteiger partial charge in [-0.05, 0) is 51.1 Å². The van der Waals surface area contributed by atoms with Crippen molar-refractivity contribution in [1.82, 2.24) is 10.2 Å². The number of carbonyl (C=O) groups is 1. The molecule has 0 radical (unpaired) electrons. The van der Waals surface area contributed by atoms with Crippen LogP contribution in [0.15, 0.2) is 24.3 Å². The Morgan fingerprint density at radius 3 is 2.48 bits per heavy atom. The molecule has 2 rings (SSSR count). The molecular weight excluding hydrogens is 266 g/mol. The van der Waals surface area contributed by atoms with E-state index in [9.17, 15) is 4.79 Å². The summed E-state index contributed by atoms with van der Waals surface area (Å²) in [7, 11) is 4.14. The first-order valence-electron chi connectivity index (χ1n) is 7.42. The number of hydrogen-bond donors (Lipinski definition) is 2. The normalized spacial score (nSPS) is 16.4. The second-order valence-electron chi connectivity index (χ2n) is 5.89. The first kappa shape index (κ1) is 15.8. The molecule has 0 unspecified atom stereocenters. The van der Waals surface area contributed by atoms with Gasteiger partial charge in [0.25, 0.3) is 5.91 Å². The predicted molar refractivity (Wildman–Crippen MR) is 83.1 cm³/mol. The van der Waals surface area contributed by atoms with Gasteiger partial charge in [0.2, 0.25) is 0 Å². The Bertz CT molecular complexity index is 467. The maximum absolute atomic E-state index is 11.9. The number of rotatable bonds is 7. The van der Waals surface area contributed by atoms with Crippen LogP contribution in [-0.2, 0) is 11.3 Å². The van der Waals surface area contributed by atoms with Gasteiger partial charge in [0.15, 0.2) is 6.61 Å². The van der Waals surface area contributed by atoms with Gasteiger partial charge in [-0.2, -0.15) is 0 Å². The molecule has 0 spiro atoms. The van der Waals surface area contributed by atoms with Crippen LogP contribution in [0, 0.1) is 0 Å². The third kappa shape index (κ3) is 3.95. The lowest BCUT2D eigenvalue weighted by atomic mass is 9.75. The molecule has 0 saturated heterocycles. The molecule has 116 valence electrons. The highest BCUT2D eigenvalue weighted by molar-refractivity contribution is 5.77. The van der Waals surface area contributed by atoms with Crippen molar-refractivity contribution in [2.75, 3.05) is 27.2 Å². The van der Waals surface area contributed by atoms with E-state index in [1.54, 1.807) is 0 Å². The summed E-state index contributed by atoms with van der Waals surface area (Å²) in [4.78, 5) is 14.1. The number of carbonyl (C=O) groups excluding carboxylic acids is 1. The molecule has 1 aromatic carbocycles. The number of nitrogens with one attached hydrogen (secondary N) is 1. The minimum absolute atomic E-state index is 0.0471. The van der Waals surface area contributed by atoms with E-state index in [1.807, 2.05) is 24.3 Å². The average molecular weight is 291 g/mol. The predicted octanol–water partition coefficient (Wildman–Crippen LogP) is 1.12. The van der Waals surface area contributed by atoms with Gasteiger partial charge in [0.05, 0.1) is 0 Å². The number of hydrogen-bond acceptors (Lipinski definition) is 4. The fourth-order valence-corrected chi connectivity index (χ4v) is 2.55. The highest BCUT2D eigenvalue weighted by Crippen LogP contribution is 2.35. The van der Waals surface area contributed by atoms with E-state index in [1.165, 1.54) is 6.42 Å². The number of likely N-dealkylation sites (N-methyl/N-ethyl adjacent to an activating group) is 1. The van der Waals surface area contributed by atoms with Crippen LogP contribution < -0.4 is 15.8 Å². The van der Waals surface area contributed by atoms with Crippen molar-refractivity contribution >= 4 is 5.91 Å².